The second-order valence-electron chi connectivity index (χ2n) is 4.40. The quantitative estimate of drug-likeness (QED) is 0.797. The first-order valence-corrected chi connectivity index (χ1v) is 9.93. The second kappa shape index (κ2) is 5.35. The van der Waals surface area contributed by atoms with Gasteiger partial charge in [-0.3, -0.25) is 0 Å². The highest BCUT2D eigenvalue weighted by molar-refractivity contribution is 7.97. The smallest absolute Gasteiger partial charge is 0.193 e. The predicted octanol–water partition coefficient (Wildman–Crippen LogP) is 0.463. The summed E-state index contributed by atoms with van der Waals surface area (Å²) in [4.78, 5) is 0. The summed E-state index contributed by atoms with van der Waals surface area (Å²) in [6.07, 6.45) is 1.58. The van der Waals surface area contributed by atoms with Crippen molar-refractivity contribution in [1.82, 2.24) is 5.32 Å². The molecular weight excluding hydrogens is 306 g/mol. The van der Waals surface area contributed by atoms with E-state index in [0.717, 1.165) is 11.3 Å². The molecule has 8 heteroatoms. The minimum absolute atomic E-state index is 0.143. The zero-order valence-electron chi connectivity index (χ0n) is 10.2. The Balaban J connectivity index is 2.33. The average molecular weight is 321 g/mol. The summed E-state index contributed by atoms with van der Waals surface area (Å²) >= 11 is 1.11. The van der Waals surface area contributed by atoms with Gasteiger partial charge in [0.15, 0.2) is 19.7 Å². The van der Waals surface area contributed by atoms with Crippen LogP contribution in [0.4, 0.5) is 0 Å². The van der Waals surface area contributed by atoms with Crippen molar-refractivity contribution >= 4 is 31.0 Å². The molecule has 0 bridgehead atoms. The molecule has 0 radical (unpaired) electrons. The van der Waals surface area contributed by atoms with Crippen molar-refractivity contribution in [3.63, 3.8) is 0 Å². The standard InChI is InChI=1S/C11H15NO4S3/c1-2-5-12-9-7-18(13,14)8-10(9)19(15,16)11-4-3-6-17-11/h2-4,6,9-10,12H,1,5,7-8H2/t9-,10-/m0/s1. The third-order valence-electron chi connectivity index (χ3n) is 3.00. The van der Waals surface area contributed by atoms with Crippen molar-refractivity contribution in [2.75, 3.05) is 18.1 Å². The first-order valence-electron chi connectivity index (χ1n) is 5.69. The third-order valence-corrected chi connectivity index (χ3v) is 8.58. The van der Waals surface area contributed by atoms with Gasteiger partial charge in [0.1, 0.15) is 4.21 Å². The molecule has 106 valence electrons. The van der Waals surface area contributed by atoms with Crippen LogP contribution in [0.25, 0.3) is 0 Å². The molecular formula is C11H15NO4S3. The molecule has 1 aromatic heterocycles. The van der Waals surface area contributed by atoms with Crippen LogP contribution in [0.5, 0.6) is 0 Å². The van der Waals surface area contributed by atoms with Crippen LogP contribution in [-0.2, 0) is 19.7 Å². The molecule has 0 amide bonds. The van der Waals surface area contributed by atoms with Crippen LogP contribution in [0.2, 0.25) is 0 Å². The summed E-state index contributed by atoms with van der Waals surface area (Å²) in [6.45, 7) is 3.92. The number of rotatable bonds is 5. The Morgan fingerprint density at radius 1 is 1.47 bits per heavy atom. The summed E-state index contributed by atoms with van der Waals surface area (Å²) in [5, 5.41) is 3.68. The van der Waals surface area contributed by atoms with Gasteiger partial charge in [-0.25, -0.2) is 16.8 Å². The van der Waals surface area contributed by atoms with Gasteiger partial charge in [-0.1, -0.05) is 12.1 Å². The Labute approximate surface area is 117 Å². The molecule has 2 heterocycles. The molecule has 0 unspecified atom stereocenters. The Kier molecular flexibility index (Phi) is 4.14. The molecule has 1 N–H and O–H groups in total. The third kappa shape index (κ3) is 3.07. The van der Waals surface area contributed by atoms with Gasteiger partial charge in [0.25, 0.3) is 0 Å². The lowest BCUT2D eigenvalue weighted by molar-refractivity contribution is 0.545. The lowest BCUT2D eigenvalue weighted by Crippen LogP contribution is -2.43. The largest absolute Gasteiger partial charge is 0.308 e. The fourth-order valence-corrected chi connectivity index (χ4v) is 8.06. The molecule has 1 aromatic rings. The molecule has 1 aliphatic heterocycles. The normalized spacial score (nSPS) is 26.3. The van der Waals surface area contributed by atoms with Crippen molar-refractivity contribution in [2.45, 2.75) is 15.5 Å². The summed E-state index contributed by atoms with van der Waals surface area (Å²) in [5.74, 6) is -0.460. The number of nitrogens with one attached hydrogen (secondary N) is 1. The average Bonchev–Trinajstić information content (AvgIpc) is 2.94. The van der Waals surface area contributed by atoms with E-state index >= 15 is 0 Å². The Morgan fingerprint density at radius 3 is 2.79 bits per heavy atom. The molecule has 19 heavy (non-hydrogen) atoms. The highest BCUT2D eigenvalue weighted by Crippen LogP contribution is 2.28. The van der Waals surface area contributed by atoms with Crippen LogP contribution in [0.15, 0.2) is 34.4 Å². The topological polar surface area (TPSA) is 80.3 Å². The number of hydrogen-bond acceptors (Lipinski definition) is 6. The van der Waals surface area contributed by atoms with E-state index < -0.39 is 31.0 Å². The predicted molar refractivity (Wildman–Crippen MR) is 75.9 cm³/mol. The van der Waals surface area contributed by atoms with Crippen LogP contribution in [0.3, 0.4) is 0 Å². The molecule has 2 atom stereocenters. The molecule has 2 rings (SSSR count). The fourth-order valence-electron chi connectivity index (χ4n) is 2.12. The maximum absolute atomic E-state index is 12.4. The van der Waals surface area contributed by atoms with Gasteiger partial charge in [0, 0.05) is 12.6 Å². The lowest BCUT2D eigenvalue weighted by Gasteiger charge is -2.18. The number of hydrogen-bond donors (Lipinski definition) is 1. The molecule has 1 aliphatic rings. The van der Waals surface area contributed by atoms with E-state index in [1.165, 1.54) is 6.07 Å². The molecule has 0 spiro atoms. The minimum atomic E-state index is -3.60. The van der Waals surface area contributed by atoms with Crippen LogP contribution in [-0.4, -0.2) is 46.2 Å². The fraction of sp³-hybridized carbons (Fsp3) is 0.455. The van der Waals surface area contributed by atoms with Gasteiger partial charge < -0.3 is 5.32 Å². The van der Waals surface area contributed by atoms with E-state index in [1.54, 1.807) is 17.5 Å². The molecule has 0 aliphatic carbocycles. The monoisotopic (exact) mass is 321 g/mol. The maximum atomic E-state index is 12.4. The van der Waals surface area contributed by atoms with Crippen molar-refractivity contribution < 1.29 is 16.8 Å². The highest BCUT2D eigenvalue weighted by Gasteiger charge is 2.45. The van der Waals surface area contributed by atoms with E-state index in [9.17, 15) is 16.8 Å². The van der Waals surface area contributed by atoms with Crippen molar-refractivity contribution in [2.24, 2.45) is 0 Å². The zero-order valence-corrected chi connectivity index (χ0v) is 12.6. The zero-order chi connectivity index (χ0) is 14.1. The van der Waals surface area contributed by atoms with E-state index in [1.807, 2.05) is 0 Å². The number of thiophene rings is 1. The molecule has 0 aromatic carbocycles. The number of sulfone groups is 2. The van der Waals surface area contributed by atoms with E-state index in [2.05, 4.69) is 11.9 Å². The lowest BCUT2D eigenvalue weighted by atomic mass is 10.2. The van der Waals surface area contributed by atoms with Crippen molar-refractivity contribution in [3.05, 3.63) is 30.2 Å². The van der Waals surface area contributed by atoms with Crippen molar-refractivity contribution in [3.8, 4) is 0 Å². The summed E-state index contributed by atoms with van der Waals surface area (Å²) < 4.78 is 48.5. The van der Waals surface area contributed by atoms with Gasteiger partial charge in [-0.2, -0.15) is 0 Å². The Morgan fingerprint density at radius 2 is 2.21 bits per heavy atom. The summed E-state index contributed by atoms with van der Waals surface area (Å²) in [6, 6.07) is 2.58. The molecule has 5 nitrogen and oxygen atoms in total. The maximum Gasteiger partial charge on any atom is 0.193 e. The SMILES string of the molecule is C=CCN[C@H]1CS(=O)(=O)C[C@@H]1S(=O)(=O)c1cccs1. The molecule has 1 fully saturated rings. The van der Waals surface area contributed by atoms with Gasteiger partial charge >= 0.3 is 0 Å². The molecule has 1 saturated heterocycles. The van der Waals surface area contributed by atoms with E-state index in [0.29, 0.717) is 6.54 Å². The van der Waals surface area contributed by atoms with Crippen molar-refractivity contribution in [1.29, 1.82) is 0 Å². The summed E-state index contributed by atoms with van der Waals surface area (Å²) in [7, 11) is -6.92. The van der Waals surface area contributed by atoms with Gasteiger partial charge in [-0.15, -0.1) is 17.9 Å². The van der Waals surface area contributed by atoms with Gasteiger partial charge in [0.2, 0.25) is 0 Å². The van der Waals surface area contributed by atoms with Gasteiger partial charge in [0.05, 0.1) is 16.8 Å². The first kappa shape index (κ1) is 14.7. The Bertz CT molecular complexity index is 646. The van der Waals surface area contributed by atoms with Crippen LogP contribution in [0, 0.1) is 0 Å². The Hall–Kier alpha value is -0.700. The van der Waals surface area contributed by atoms with Crippen LogP contribution >= 0.6 is 11.3 Å². The van der Waals surface area contributed by atoms with E-state index in [-0.39, 0.29) is 15.7 Å². The van der Waals surface area contributed by atoms with Crippen LogP contribution in [0.1, 0.15) is 0 Å². The first-order chi connectivity index (χ1) is 8.87. The highest BCUT2D eigenvalue weighted by atomic mass is 32.2. The molecule has 0 saturated carbocycles. The second-order valence-corrected chi connectivity index (χ2v) is 9.89. The summed E-state index contributed by atoms with van der Waals surface area (Å²) in [5.41, 5.74) is 0. The van der Waals surface area contributed by atoms with Crippen LogP contribution < -0.4 is 5.32 Å². The minimum Gasteiger partial charge on any atom is -0.308 e. The van der Waals surface area contributed by atoms with Gasteiger partial charge in [-0.05, 0) is 11.4 Å². The van der Waals surface area contributed by atoms with E-state index in [4.69, 9.17) is 0 Å².